The molecule has 2 aromatic carbocycles. The van der Waals surface area contributed by atoms with E-state index in [-0.39, 0.29) is 28.4 Å². The van der Waals surface area contributed by atoms with Gasteiger partial charge in [-0.1, -0.05) is 45.2 Å². The van der Waals surface area contributed by atoms with Gasteiger partial charge in [0.1, 0.15) is 11.4 Å². The van der Waals surface area contributed by atoms with E-state index in [1.165, 1.54) is 6.07 Å². The van der Waals surface area contributed by atoms with Gasteiger partial charge in [0, 0.05) is 45.8 Å². The highest BCUT2D eigenvalue weighted by atomic mass is 79.9. The maximum Gasteiger partial charge on any atom is 0.250 e. The lowest BCUT2D eigenvalue weighted by molar-refractivity contribution is -0.128. The summed E-state index contributed by atoms with van der Waals surface area (Å²) in [5.41, 5.74) is 0.390. The quantitative estimate of drug-likeness (QED) is 0.523. The molecule has 2 saturated heterocycles. The van der Waals surface area contributed by atoms with Crippen molar-refractivity contribution < 1.29 is 14.0 Å². The number of likely N-dealkylation sites (tertiary alicyclic amines) is 1. The van der Waals surface area contributed by atoms with Crippen molar-refractivity contribution in [1.82, 2.24) is 10.2 Å². The molecule has 1 unspecified atom stereocenters. The van der Waals surface area contributed by atoms with Gasteiger partial charge in [0.15, 0.2) is 0 Å². The maximum absolute atomic E-state index is 15.7. The van der Waals surface area contributed by atoms with Gasteiger partial charge in [-0.2, -0.15) is 0 Å². The summed E-state index contributed by atoms with van der Waals surface area (Å²) in [4.78, 5) is 29.5. The minimum Gasteiger partial charge on any atom is -0.356 e. The van der Waals surface area contributed by atoms with Gasteiger partial charge in [0.2, 0.25) is 11.8 Å². The van der Waals surface area contributed by atoms with Crippen molar-refractivity contribution >= 4 is 56.6 Å². The monoisotopic (exact) mass is 551 g/mol. The van der Waals surface area contributed by atoms with Crippen LogP contribution in [0.5, 0.6) is 0 Å². The van der Waals surface area contributed by atoms with E-state index in [9.17, 15) is 9.59 Å². The average molecular weight is 553 g/mol. The zero-order chi connectivity index (χ0) is 23.1. The minimum atomic E-state index is -1.23. The van der Waals surface area contributed by atoms with Crippen LogP contribution in [0.25, 0.3) is 0 Å². The Morgan fingerprint density at radius 1 is 1.15 bits per heavy atom. The fraction of sp³-hybridized carbons (Fsp3) is 0.417. The van der Waals surface area contributed by atoms with Crippen LogP contribution in [0.1, 0.15) is 36.3 Å². The number of rotatable bonds is 3. The minimum absolute atomic E-state index is 0.0438. The molecule has 5 nitrogen and oxygen atoms in total. The first kappa shape index (κ1) is 21.8. The van der Waals surface area contributed by atoms with Crippen LogP contribution in [0.4, 0.5) is 10.1 Å². The van der Waals surface area contributed by atoms with Gasteiger partial charge in [-0.05, 0) is 55.0 Å². The number of carbonyl (C=O) groups excluding carboxylic acids is 2. The van der Waals surface area contributed by atoms with Crippen molar-refractivity contribution in [3.05, 3.63) is 61.8 Å². The lowest BCUT2D eigenvalue weighted by Gasteiger charge is -2.40. The number of fused-ring (bicyclic) bond motifs is 3. The topological polar surface area (TPSA) is 61.4 Å². The molecule has 172 valence electrons. The molecule has 4 aliphatic rings. The summed E-state index contributed by atoms with van der Waals surface area (Å²) in [5.74, 6) is -1.87. The lowest BCUT2D eigenvalue weighted by Crippen LogP contribution is -2.53. The number of carbonyl (C=O) groups is 2. The average Bonchev–Trinajstić information content (AvgIpc) is 3.48. The molecular weight excluding hydrogens is 532 g/mol. The summed E-state index contributed by atoms with van der Waals surface area (Å²) in [6, 6.07) is 8.28. The van der Waals surface area contributed by atoms with Crippen LogP contribution in [0.3, 0.4) is 0 Å². The van der Waals surface area contributed by atoms with Gasteiger partial charge in [-0.15, -0.1) is 0 Å². The number of hydrogen-bond donors (Lipinski definition) is 2. The molecule has 2 aromatic rings. The molecule has 0 bridgehead atoms. The molecule has 3 fully saturated rings. The van der Waals surface area contributed by atoms with Crippen molar-refractivity contribution in [2.24, 2.45) is 11.8 Å². The number of nitrogens with zero attached hydrogens (tertiary/aromatic N) is 1. The number of nitrogens with one attached hydrogen (secondary N) is 2. The fourth-order valence-corrected chi connectivity index (χ4v) is 7.21. The SMILES string of the molecule is O=C1NCC[C@H]2[C@@H]1C(c1cc(Br)cc(Cl)c1F)[C@]1(C(=O)Nc3cc(Cl)ccc31)N2CC1CC1. The molecule has 3 heterocycles. The summed E-state index contributed by atoms with van der Waals surface area (Å²) in [6.07, 6.45) is 2.88. The number of halogens is 4. The summed E-state index contributed by atoms with van der Waals surface area (Å²) in [7, 11) is 0. The van der Waals surface area contributed by atoms with Crippen LogP contribution in [0.15, 0.2) is 34.8 Å². The summed E-state index contributed by atoms with van der Waals surface area (Å²) in [5, 5.41) is 6.42. The predicted octanol–water partition coefficient (Wildman–Crippen LogP) is 5.06. The van der Waals surface area contributed by atoms with E-state index in [1.54, 1.807) is 18.2 Å². The second-order valence-electron chi connectivity index (χ2n) is 9.45. The van der Waals surface area contributed by atoms with Gasteiger partial charge < -0.3 is 10.6 Å². The van der Waals surface area contributed by atoms with Crippen molar-refractivity contribution in [2.75, 3.05) is 18.4 Å². The van der Waals surface area contributed by atoms with Crippen molar-refractivity contribution in [2.45, 2.75) is 36.8 Å². The Bertz CT molecular complexity index is 1210. The smallest absolute Gasteiger partial charge is 0.250 e. The van der Waals surface area contributed by atoms with E-state index in [2.05, 4.69) is 31.5 Å². The Balaban J connectivity index is 1.66. The van der Waals surface area contributed by atoms with Crippen LogP contribution in [0.2, 0.25) is 10.0 Å². The van der Waals surface area contributed by atoms with Crippen LogP contribution in [0, 0.1) is 17.7 Å². The van der Waals surface area contributed by atoms with Crippen LogP contribution in [-0.4, -0.2) is 35.8 Å². The molecule has 0 aromatic heterocycles. The molecule has 1 spiro atoms. The molecule has 9 heteroatoms. The molecule has 3 aliphatic heterocycles. The predicted molar refractivity (Wildman–Crippen MR) is 128 cm³/mol. The van der Waals surface area contributed by atoms with Gasteiger partial charge >= 0.3 is 0 Å². The molecule has 2 amide bonds. The Labute approximate surface area is 209 Å². The Morgan fingerprint density at radius 3 is 2.70 bits per heavy atom. The Kier molecular flexibility index (Phi) is 5.07. The molecule has 4 atom stereocenters. The van der Waals surface area contributed by atoms with E-state index in [4.69, 9.17) is 23.2 Å². The van der Waals surface area contributed by atoms with Crippen molar-refractivity contribution in [1.29, 1.82) is 0 Å². The lowest BCUT2D eigenvalue weighted by atomic mass is 9.70. The highest BCUT2D eigenvalue weighted by Gasteiger charge is 2.69. The fourth-order valence-electron chi connectivity index (χ4n) is 6.20. The third-order valence-corrected chi connectivity index (χ3v) is 8.58. The van der Waals surface area contributed by atoms with Gasteiger partial charge in [-0.3, -0.25) is 14.5 Å². The third-order valence-electron chi connectivity index (χ3n) is 7.61. The zero-order valence-corrected chi connectivity index (χ0v) is 20.6. The highest BCUT2D eigenvalue weighted by Crippen LogP contribution is 2.61. The Hall–Kier alpha value is -1.67. The molecule has 2 N–H and O–H groups in total. The second-order valence-corrected chi connectivity index (χ2v) is 11.2. The highest BCUT2D eigenvalue weighted by molar-refractivity contribution is 9.10. The summed E-state index contributed by atoms with van der Waals surface area (Å²) >= 11 is 15.9. The van der Waals surface area contributed by atoms with Crippen LogP contribution in [-0.2, 0) is 15.1 Å². The Morgan fingerprint density at radius 2 is 1.94 bits per heavy atom. The van der Waals surface area contributed by atoms with Gasteiger partial charge in [-0.25, -0.2) is 4.39 Å². The molecule has 6 rings (SSSR count). The molecule has 1 saturated carbocycles. The molecular formula is C24H21BrCl2FN3O2. The standard InChI is InChI=1S/C24H21BrCl2FN3O2/c25-12-7-14(21(28)16(27)8-12)20-19-18(5-6-29-22(19)32)31(10-11-1-2-11)24(20)15-4-3-13(26)9-17(15)30-23(24)33/h3-4,7-9,11,18-20H,1-2,5-6,10H2,(H,29,32)(H,30,33)/t18-,19+,20?,24+/m0/s1. The first-order valence-electron chi connectivity index (χ1n) is 11.1. The van der Waals surface area contributed by atoms with Crippen molar-refractivity contribution in [3.8, 4) is 0 Å². The van der Waals surface area contributed by atoms with Crippen molar-refractivity contribution in [3.63, 3.8) is 0 Å². The zero-order valence-electron chi connectivity index (χ0n) is 17.5. The van der Waals surface area contributed by atoms with E-state index in [1.807, 2.05) is 6.07 Å². The molecule has 1 aliphatic carbocycles. The van der Waals surface area contributed by atoms with E-state index < -0.39 is 23.2 Å². The number of piperidine rings is 1. The van der Waals surface area contributed by atoms with Gasteiger partial charge in [0.25, 0.3) is 0 Å². The van der Waals surface area contributed by atoms with E-state index in [0.717, 1.165) is 18.4 Å². The number of anilines is 1. The summed E-state index contributed by atoms with van der Waals surface area (Å²) < 4.78 is 16.3. The largest absolute Gasteiger partial charge is 0.356 e. The normalized spacial score (nSPS) is 30.8. The van der Waals surface area contributed by atoms with Gasteiger partial charge in [0.05, 0.1) is 10.9 Å². The third kappa shape index (κ3) is 3.12. The van der Waals surface area contributed by atoms with E-state index in [0.29, 0.717) is 40.6 Å². The number of amides is 2. The molecule has 0 radical (unpaired) electrons. The first-order valence-corrected chi connectivity index (χ1v) is 12.7. The molecule has 33 heavy (non-hydrogen) atoms. The number of benzene rings is 2. The number of hydrogen-bond acceptors (Lipinski definition) is 3. The van der Waals surface area contributed by atoms with Crippen LogP contribution < -0.4 is 10.6 Å². The second kappa shape index (κ2) is 7.67. The first-order chi connectivity index (χ1) is 15.8. The summed E-state index contributed by atoms with van der Waals surface area (Å²) in [6.45, 7) is 1.21. The van der Waals surface area contributed by atoms with E-state index >= 15 is 4.39 Å². The maximum atomic E-state index is 15.7. The van der Waals surface area contributed by atoms with Crippen LogP contribution >= 0.6 is 39.1 Å².